The van der Waals surface area contributed by atoms with Crippen LogP contribution < -0.4 is 9.74 Å². The first-order valence-corrected chi connectivity index (χ1v) is 14.4. The molecule has 0 saturated carbocycles. The fourth-order valence-electron chi connectivity index (χ4n) is 2.72. The summed E-state index contributed by atoms with van der Waals surface area (Å²) >= 11 is 12.2. The number of hydrogen-bond acceptors (Lipinski definition) is 4. The van der Waals surface area contributed by atoms with Crippen molar-refractivity contribution < 1.29 is 18.8 Å². The SMILES string of the molecule is CC(C)(C)OC(=O)NC(C(=O)c1ccc(O[Si](C)(C)C(C)(C)C)cc1)c1ccc(Cl)c(Cl)c1. The van der Waals surface area contributed by atoms with Gasteiger partial charge in [0.05, 0.1) is 10.0 Å². The maximum Gasteiger partial charge on any atom is 0.408 e. The molecule has 1 N–H and O–H groups in total. The van der Waals surface area contributed by atoms with Crippen molar-refractivity contribution in [2.24, 2.45) is 0 Å². The van der Waals surface area contributed by atoms with Crippen LogP contribution in [0.1, 0.15) is 63.5 Å². The second-order valence-electron chi connectivity index (χ2n) is 10.5. The van der Waals surface area contributed by atoms with E-state index in [0.717, 1.165) is 0 Å². The minimum atomic E-state index is -2.01. The molecule has 180 valence electrons. The second kappa shape index (κ2) is 10.1. The molecule has 0 bridgehead atoms. The number of nitrogens with one attached hydrogen (secondary N) is 1. The van der Waals surface area contributed by atoms with Crippen LogP contribution in [0, 0.1) is 0 Å². The lowest BCUT2D eigenvalue weighted by Crippen LogP contribution is -2.43. The van der Waals surface area contributed by atoms with E-state index in [4.69, 9.17) is 32.4 Å². The Morgan fingerprint density at radius 2 is 1.48 bits per heavy atom. The van der Waals surface area contributed by atoms with Crippen LogP contribution >= 0.6 is 23.2 Å². The van der Waals surface area contributed by atoms with Crippen molar-refractivity contribution in [3.8, 4) is 5.75 Å². The number of hydrogen-bond donors (Lipinski definition) is 1. The van der Waals surface area contributed by atoms with E-state index in [1.54, 1.807) is 63.2 Å². The van der Waals surface area contributed by atoms with Gasteiger partial charge in [0.2, 0.25) is 8.32 Å². The van der Waals surface area contributed by atoms with E-state index >= 15 is 0 Å². The average molecular weight is 511 g/mol. The summed E-state index contributed by atoms with van der Waals surface area (Å²) in [7, 11) is -2.01. The second-order valence-corrected chi connectivity index (χ2v) is 16.0. The molecular formula is C25H33Cl2NO4Si. The standard InChI is InChI=1S/C25H33Cl2NO4Si/c1-24(2,3)31-23(30)28-21(17-11-14-19(26)20(27)15-17)22(29)16-9-12-18(13-10-16)32-33(7,8)25(4,5)6/h9-15,21H,1-8H3,(H,28,30). The third kappa shape index (κ3) is 7.49. The minimum Gasteiger partial charge on any atom is -0.544 e. The Morgan fingerprint density at radius 3 is 1.97 bits per heavy atom. The largest absolute Gasteiger partial charge is 0.544 e. The van der Waals surface area contributed by atoms with E-state index in [0.29, 0.717) is 21.9 Å². The van der Waals surface area contributed by atoms with Crippen LogP contribution in [0.3, 0.4) is 0 Å². The molecule has 0 aromatic heterocycles. The van der Waals surface area contributed by atoms with E-state index in [-0.39, 0.29) is 15.8 Å². The van der Waals surface area contributed by atoms with E-state index in [1.807, 2.05) is 0 Å². The van der Waals surface area contributed by atoms with Gasteiger partial charge in [-0.2, -0.15) is 0 Å². The highest BCUT2D eigenvalue weighted by Crippen LogP contribution is 2.37. The lowest BCUT2D eigenvalue weighted by Gasteiger charge is -2.36. The lowest BCUT2D eigenvalue weighted by molar-refractivity contribution is 0.0490. The van der Waals surface area contributed by atoms with Gasteiger partial charge in [0, 0.05) is 5.56 Å². The van der Waals surface area contributed by atoms with Gasteiger partial charge in [-0.15, -0.1) is 0 Å². The highest BCUT2D eigenvalue weighted by molar-refractivity contribution is 6.74. The fourth-order valence-corrected chi connectivity index (χ4v) is 4.06. The molecule has 2 aromatic carbocycles. The third-order valence-corrected chi connectivity index (χ3v) is 10.6. The fraction of sp³-hybridized carbons (Fsp3) is 0.440. The lowest BCUT2D eigenvalue weighted by atomic mass is 9.97. The van der Waals surface area contributed by atoms with Gasteiger partial charge in [0.1, 0.15) is 17.4 Å². The zero-order chi connectivity index (χ0) is 25.2. The van der Waals surface area contributed by atoms with Crippen LogP contribution in [0.2, 0.25) is 28.2 Å². The molecule has 0 saturated heterocycles. The summed E-state index contributed by atoms with van der Waals surface area (Å²) in [5.74, 6) is 0.405. The van der Waals surface area contributed by atoms with E-state index in [2.05, 4.69) is 39.2 Å². The highest BCUT2D eigenvalue weighted by Gasteiger charge is 2.39. The van der Waals surface area contributed by atoms with Crippen molar-refractivity contribution in [3.63, 3.8) is 0 Å². The van der Waals surface area contributed by atoms with Gasteiger partial charge < -0.3 is 14.5 Å². The van der Waals surface area contributed by atoms with Crippen LogP contribution in [-0.4, -0.2) is 25.8 Å². The van der Waals surface area contributed by atoms with Crippen LogP contribution in [0.15, 0.2) is 42.5 Å². The summed E-state index contributed by atoms with van der Waals surface area (Å²) < 4.78 is 11.7. The molecular weight excluding hydrogens is 477 g/mol. The summed E-state index contributed by atoms with van der Waals surface area (Å²) in [5, 5.41) is 3.37. The zero-order valence-electron chi connectivity index (χ0n) is 20.5. The Bertz CT molecular complexity index is 1010. The third-order valence-electron chi connectivity index (χ3n) is 5.52. The van der Waals surface area contributed by atoms with Crippen molar-refractivity contribution in [3.05, 3.63) is 63.6 Å². The van der Waals surface area contributed by atoms with Crippen LogP contribution in [0.25, 0.3) is 0 Å². The number of benzene rings is 2. The van der Waals surface area contributed by atoms with Crippen LogP contribution in [0.5, 0.6) is 5.75 Å². The van der Waals surface area contributed by atoms with Gasteiger partial charge in [-0.25, -0.2) is 4.79 Å². The smallest absolute Gasteiger partial charge is 0.408 e. The van der Waals surface area contributed by atoms with Gasteiger partial charge in [-0.1, -0.05) is 50.0 Å². The Hall–Kier alpha value is -2.02. The average Bonchev–Trinajstić information content (AvgIpc) is 2.66. The number of Topliss-reactive ketones (excluding diaryl/α,β-unsaturated/α-hetero) is 1. The van der Waals surface area contributed by atoms with Crippen molar-refractivity contribution in [1.29, 1.82) is 0 Å². The van der Waals surface area contributed by atoms with E-state index in [9.17, 15) is 9.59 Å². The number of alkyl carbamates (subject to hydrolysis) is 1. The number of carbonyl (C=O) groups excluding carboxylic acids is 2. The van der Waals surface area contributed by atoms with E-state index in [1.165, 1.54) is 0 Å². The number of halogens is 2. The zero-order valence-corrected chi connectivity index (χ0v) is 23.0. The van der Waals surface area contributed by atoms with E-state index < -0.39 is 26.1 Å². The molecule has 33 heavy (non-hydrogen) atoms. The quantitative estimate of drug-likeness (QED) is 0.318. The molecule has 5 nitrogen and oxygen atoms in total. The van der Waals surface area contributed by atoms with Gasteiger partial charge in [-0.3, -0.25) is 4.79 Å². The Morgan fingerprint density at radius 1 is 0.909 bits per heavy atom. The van der Waals surface area contributed by atoms with Crippen molar-refractivity contribution in [2.75, 3.05) is 0 Å². The van der Waals surface area contributed by atoms with Gasteiger partial charge in [-0.05, 0) is 80.9 Å². The molecule has 1 atom stereocenters. The molecule has 2 rings (SSSR count). The first kappa shape index (κ1) is 27.2. The summed E-state index contributed by atoms with van der Waals surface area (Å²) in [6.07, 6.45) is -0.704. The summed E-state index contributed by atoms with van der Waals surface area (Å²) in [5.41, 5.74) is 0.212. The van der Waals surface area contributed by atoms with Gasteiger partial charge in [0.25, 0.3) is 0 Å². The minimum absolute atomic E-state index is 0.0533. The molecule has 1 unspecified atom stereocenters. The normalized spacial score (nSPS) is 13.3. The number of rotatable bonds is 6. The van der Waals surface area contributed by atoms with Crippen molar-refractivity contribution >= 4 is 43.4 Å². The van der Waals surface area contributed by atoms with Gasteiger partial charge in [0.15, 0.2) is 5.78 Å². The highest BCUT2D eigenvalue weighted by atomic mass is 35.5. The molecule has 0 heterocycles. The van der Waals surface area contributed by atoms with Crippen molar-refractivity contribution in [1.82, 2.24) is 5.32 Å². The first-order chi connectivity index (χ1) is 15.0. The number of ketones is 1. The number of amides is 1. The Balaban J connectivity index is 2.33. The molecule has 0 spiro atoms. The number of carbonyl (C=O) groups is 2. The predicted octanol–water partition coefficient (Wildman–Crippen LogP) is 7.83. The van der Waals surface area contributed by atoms with Gasteiger partial charge >= 0.3 is 6.09 Å². The molecule has 2 aromatic rings. The summed E-state index contributed by atoms with van der Waals surface area (Å²) in [4.78, 5) is 25.9. The molecule has 0 aliphatic rings. The predicted molar refractivity (Wildman–Crippen MR) is 137 cm³/mol. The summed E-state index contributed by atoms with van der Waals surface area (Å²) in [6, 6.07) is 10.8. The molecule has 0 radical (unpaired) electrons. The van der Waals surface area contributed by atoms with Crippen LogP contribution in [0.4, 0.5) is 4.79 Å². The monoisotopic (exact) mass is 509 g/mol. The topological polar surface area (TPSA) is 64.6 Å². The molecule has 0 aliphatic carbocycles. The summed E-state index contributed by atoms with van der Waals surface area (Å²) in [6.45, 7) is 16.1. The maximum atomic E-state index is 13.4. The van der Waals surface area contributed by atoms with Crippen LogP contribution in [-0.2, 0) is 4.74 Å². The molecule has 0 aliphatic heterocycles. The van der Waals surface area contributed by atoms with Crippen molar-refractivity contribution in [2.45, 2.75) is 71.3 Å². The Labute approximate surface area is 207 Å². The molecule has 0 fully saturated rings. The molecule has 8 heteroatoms. The maximum absolute atomic E-state index is 13.4. The Kier molecular flexibility index (Phi) is 8.31. The number of ether oxygens (including phenoxy) is 1. The first-order valence-electron chi connectivity index (χ1n) is 10.8. The molecule has 1 amide bonds.